The predicted molar refractivity (Wildman–Crippen MR) is 92.5 cm³/mol. The van der Waals surface area contributed by atoms with Gasteiger partial charge in [0.05, 0.1) is 17.7 Å². The highest BCUT2D eigenvalue weighted by Gasteiger charge is 2.28. The van der Waals surface area contributed by atoms with Crippen molar-refractivity contribution in [3.05, 3.63) is 33.9 Å². The fraction of sp³-hybridized carbons (Fsp3) is 0.438. The lowest BCUT2D eigenvalue weighted by atomic mass is 10.2. The summed E-state index contributed by atoms with van der Waals surface area (Å²) in [4.78, 5) is 19.8. The fourth-order valence-corrected chi connectivity index (χ4v) is 3.31. The van der Waals surface area contributed by atoms with Crippen LogP contribution in [-0.4, -0.2) is 67.1 Å². The molecule has 2 heterocycles. The molecule has 0 aliphatic carbocycles. The van der Waals surface area contributed by atoms with Crippen LogP contribution in [0.25, 0.3) is 10.9 Å². The second-order valence-corrected chi connectivity index (χ2v) is 6.82. The largest absolute Gasteiger partial charge is 0.373 e. The minimum atomic E-state index is -0.102. The lowest BCUT2D eigenvalue weighted by molar-refractivity contribution is -0.0307. The molecule has 0 bridgehead atoms. The Morgan fingerprint density at radius 3 is 2.96 bits per heavy atom. The summed E-state index contributed by atoms with van der Waals surface area (Å²) in [5.74, 6) is -0.102. The van der Waals surface area contributed by atoms with Gasteiger partial charge in [-0.25, -0.2) is 0 Å². The molecule has 0 radical (unpaired) electrons. The van der Waals surface area contributed by atoms with Crippen molar-refractivity contribution >= 4 is 40.0 Å². The Kier molecular flexibility index (Phi) is 4.82. The van der Waals surface area contributed by atoms with Crippen molar-refractivity contribution in [1.29, 1.82) is 0 Å². The normalized spacial score (nSPS) is 18.8. The van der Waals surface area contributed by atoms with Gasteiger partial charge in [-0.3, -0.25) is 4.79 Å². The lowest BCUT2D eigenvalue weighted by Gasteiger charge is -2.34. The van der Waals surface area contributed by atoms with Crippen LogP contribution in [0.5, 0.6) is 0 Å². The Bertz CT molecular complexity index is 729. The number of hydrogen-bond donors (Lipinski definition) is 1. The van der Waals surface area contributed by atoms with Crippen molar-refractivity contribution in [2.24, 2.45) is 0 Å². The third-order valence-electron chi connectivity index (χ3n) is 3.91. The van der Waals surface area contributed by atoms with Crippen molar-refractivity contribution in [1.82, 2.24) is 14.8 Å². The Hall–Kier alpha value is -1.27. The third kappa shape index (κ3) is 3.48. The van der Waals surface area contributed by atoms with Gasteiger partial charge in [0, 0.05) is 35.6 Å². The summed E-state index contributed by atoms with van der Waals surface area (Å²) in [6, 6.07) is 5.36. The van der Waals surface area contributed by atoms with Gasteiger partial charge in [0.15, 0.2) is 0 Å². The minimum absolute atomic E-state index is 0.0142. The topological polar surface area (TPSA) is 48.6 Å². The number of hydrogen-bond acceptors (Lipinski definition) is 3. The molecule has 2 aromatic rings. The number of fused-ring (bicyclic) bond motifs is 1. The number of amides is 1. The van der Waals surface area contributed by atoms with E-state index in [4.69, 9.17) is 27.9 Å². The Labute approximate surface area is 145 Å². The molecule has 0 saturated carbocycles. The summed E-state index contributed by atoms with van der Waals surface area (Å²) >= 11 is 12.4. The highest BCUT2D eigenvalue weighted by Crippen LogP contribution is 2.30. The van der Waals surface area contributed by atoms with Crippen molar-refractivity contribution in [2.75, 3.05) is 40.3 Å². The molecule has 5 nitrogen and oxygen atoms in total. The summed E-state index contributed by atoms with van der Waals surface area (Å²) in [5, 5.41) is 1.78. The SMILES string of the molecule is CN(C)CC1CN(C(=O)c2[nH]c3ccc(Cl)cc3c2Cl)CCO1. The van der Waals surface area contributed by atoms with Gasteiger partial charge in [0.2, 0.25) is 0 Å². The number of aromatic amines is 1. The first-order valence-corrected chi connectivity index (χ1v) is 8.23. The highest BCUT2D eigenvalue weighted by molar-refractivity contribution is 6.39. The molecule has 23 heavy (non-hydrogen) atoms. The number of carbonyl (C=O) groups is 1. The standard InChI is InChI=1S/C16H19Cl2N3O2/c1-20(2)8-11-9-21(5-6-23-11)16(22)15-14(18)12-7-10(17)3-4-13(12)19-15/h3-4,7,11,19H,5-6,8-9H2,1-2H3. The van der Waals surface area contributed by atoms with Crippen molar-refractivity contribution in [2.45, 2.75) is 6.10 Å². The summed E-state index contributed by atoms with van der Waals surface area (Å²) in [6.07, 6.45) is 0.0142. The van der Waals surface area contributed by atoms with E-state index in [1.54, 1.807) is 17.0 Å². The molecule has 124 valence electrons. The van der Waals surface area contributed by atoms with Crippen LogP contribution in [0.4, 0.5) is 0 Å². The summed E-state index contributed by atoms with van der Waals surface area (Å²) in [6.45, 7) is 2.44. The zero-order chi connectivity index (χ0) is 16.6. The molecule has 1 saturated heterocycles. The number of nitrogens with one attached hydrogen (secondary N) is 1. The Morgan fingerprint density at radius 1 is 1.43 bits per heavy atom. The molecule has 1 atom stereocenters. The molecule has 1 amide bonds. The van der Waals surface area contributed by atoms with Gasteiger partial charge < -0.3 is 19.5 Å². The quantitative estimate of drug-likeness (QED) is 0.920. The maximum atomic E-state index is 12.8. The zero-order valence-electron chi connectivity index (χ0n) is 13.1. The van der Waals surface area contributed by atoms with E-state index in [9.17, 15) is 4.79 Å². The number of carbonyl (C=O) groups excluding carboxylic acids is 1. The number of rotatable bonds is 3. The monoisotopic (exact) mass is 355 g/mol. The Balaban J connectivity index is 1.84. The molecule has 0 spiro atoms. The first-order chi connectivity index (χ1) is 11.0. The van der Waals surface area contributed by atoms with Gasteiger partial charge in [0.25, 0.3) is 5.91 Å². The van der Waals surface area contributed by atoms with Crippen molar-refractivity contribution in [3.63, 3.8) is 0 Å². The average molecular weight is 356 g/mol. The molecule has 1 aliphatic heterocycles. The predicted octanol–water partition coefficient (Wildman–Crippen LogP) is 2.88. The third-order valence-corrected chi connectivity index (χ3v) is 4.53. The number of benzene rings is 1. The van der Waals surface area contributed by atoms with Crippen LogP contribution < -0.4 is 0 Å². The smallest absolute Gasteiger partial charge is 0.272 e. The van der Waals surface area contributed by atoms with Gasteiger partial charge in [-0.15, -0.1) is 0 Å². The highest BCUT2D eigenvalue weighted by atomic mass is 35.5. The molecule has 1 N–H and O–H groups in total. The molecule has 3 rings (SSSR count). The molecule has 1 aromatic carbocycles. The number of H-pyrrole nitrogens is 1. The number of nitrogens with zero attached hydrogens (tertiary/aromatic N) is 2. The van der Waals surface area contributed by atoms with E-state index in [1.165, 1.54) is 0 Å². The van der Waals surface area contributed by atoms with Crippen LogP contribution in [0, 0.1) is 0 Å². The van der Waals surface area contributed by atoms with Gasteiger partial charge >= 0.3 is 0 Å². The maximum absolute atomic E-state index is 12.8. The van der Waals surface area contributed by atoms with E-state index in [0.29, 0.717) is 35.4 Å². The number of aromatic nitrogens is 1. The lowest BCUT2D eigenvalue weighted by Crippen LogP contribution is -2.48. The molecule has 1 aromatic heterocycles. The maximum Gasteiger partial charge on any atom is 0.272 e. The number of morpholine rings is 1. The number of likely N-dealkylation sites (N-methyl/N-ethyl adjacent to an activating group) is 1. The van der Waals surface area contributed by atoms with Gasteiger partial charge in [-0.1, -0.05) is 23.2 Å². The minimum Gasteiger partial charge on any atom is -0.373 e. The first-order valence-electron chi connectivity index (χ1n) is 7.48. The van der Waals surface area contributed by atoms with E-state index in [2.05, 4.69) is 9.88 Å². The summed E-state index contributed by atoms with van der Waals surface area (Å²) in [7, 11) is 3.98. The van der Waals surface area contributed by atoms with E-state index in [0.717, 1.165) is 17.4 Å². The van der Waals surface area contributed by atoms with Crippen LogP contribution in [0.3, 0.4) is 0 Å². The summed E-state index contributed by atoms with van der Waals surface area (Å²) in [5.41, 5.74) is 1.22. The second-order valence-electron chi connectivity index (χ2n) is 6.01. The van der Waals surface area contributed by atoms with Gasteiger partial charge in [0.1, 0.15) is 5.69 Å². The van der Waals surface area contributed by atoms with Crippen LogP contribution in [0.2, 0.25) is 10.0 Å². The molecular weight excluding hydrogens is 337 g/mol. The van der Waals surface area contributed by atoms with Crippen LogP contribution in [0.1, 0.15) is 10.5 Å². The van der Waals surface area contributed by atoms with Crippen LogP contribution in [0.15, 0.2) is 18.2 Å². The van der Waals surface area contributed by atoms with Gasteiger partial charge in [-0.05, 0) is 32.3 Å². The van der Waals surface area contributed by atoms with Crippen LogP contribution >= 0.6 is 23.2 Å². The summed E-state index contributed by atoms with van der Waals surface area (Å²) < 4.78 is 5.71. The second kappa shape index (κ2) is 6.69. The molecular formula is C16H19Cl2N3O2. The molecule has 1 fully saturated rings. The Morgan fingerprint density at radius 2 is 2.22 bits per heavy atom. The van der Waals surface area contributed by atoms with E-state index < -0.39 is 0 Å². The fourth-order valence-electron chi connectivity index (χ4n) is 2.86. The zero-order valence-corrected chi connectivity index (χ0v) is 14.6. The molecule has 7 heteroatoms. The first kappa shape index (κ1) is 16.6. The number of ether oxygens (including phenoxy) is 1. The average Bonchev–Trinajstić information content (AvgIpc) is 2.83. The van der Waals surface area contributed by atoms with Gasteiger partial charge in [-0.2, -0.15) is 0 Å². The molecule has 1 aliphatic rings. The van der Waals surface area contributed by atoms with Crippen molar-refractivity contribution in [3.8, 4) is 0 Å². The van der Waals surface area contributed by atoms with E-state index >= 15 is 0 Å². The van der Waals surface area contributed by atoms with E-state index in [1.807, 2.05) is 20.2 Å². The number of halogens is 2. The van der Waals surface area contributed by atoms with Crippen molar-refractivity contribution < 1.29 is 9.53 Å². The van der Waals surface area contributed by atoms with Crippen LogP contribution in [-0.2, 0) is 4.74 Å². The molecule has 1 unspecified atom stereocenters. The van der Waals surface area contributed by atoms with E-state index in [-0.39, 0.29) is 12.0 Å².